The van der Waals surface area contributed by atoms with Crippen molar-refractivity contribution < 1.29 is 17.5 Å². The first kappa shape index (κ1) is 24.1. The summed E-state index contributed by atoms with van der Waals surface area (Å²) in [5, 5.41) is 9.43. The number of aryl methyl sites for hydroxylation is 1. The summed E-state index contributed by atoms with van der Waals surface area (Å²) in [6, 6.07) is 13.8. The van der Waals surface area contributed by atoms with Crippen LogP contribution < -0.4 is 0 Å². The Kier molecular flexibility index (Phi) is 5.72. The second-order valence-corrected chi connectivity index (χ2v) is 11.7. The van der Waals surface area contributed by atoms with E-state index in [9.17, 15) is 12.8 Å². The third-order valence-corrected chi connectivity index (χ3v) is 7.47. The van der Waals surface area contributed by atoms with E-state index >= 15 is 0 Å². The molecule has 5 rings (SSSR count). The van der Waals surface area contributed by atoms with Gasteiger partial charge in [-0.1, -0.05) is 13.8 Å². The molecule has 0 saturated heterocycles. The second-order valence-electron chi connectivity index (χ2n) is 9.74. The largest absolute Gasteiger partial charge is 0.384 e. The average Bonchev–Trinajstić information content (AvgIpc) is 3.36. The number of halogens is 1. The van der Waals surface area contributed by atoms with E-state index in [0.29, 0.717) is 6.61 Å². The number of hydrogen-bond donors (Lipinski definition) is 1. The van der Waals surface area contributed by atoms with Crippen molar-refractivity contribution in [3.63, 3.8) is 0 Å². The maximum atomic E-state index is 13.9. The number of ether oxygens (including phenoxy) is 1. The summed E-state index contributed by atoms with van der Waals surface area (Å²) < 4.78 is 45.7. The highest BCUT2D eigenvalue weighted by atomic mass is 32.2. The number of aromatic nitrogens is 4. The molecule has 186 valence electrons. The average molecular weight is 507 g/mol. The third kappa shape index (κ3) is 3.98. The Balaban J connectivity index is 1.95. The minimum atomic E-state index is -3.45. The quantitative estimate of drug-likeness (QED) is 0.336. The second kappa shape index (κ2) is 8.53. The van der Waals surface area contributed by atoms with Gasteiger partial charge in [0.25, 0.3) is 0 Å². The van der Waals surface area contributed by atoms with Crippen LogP contribution in [0.15, 0.2) is 59.8 Å². The van der Waals surface area contributed by atoms with Crippen LogP contribution in [0.1, 0.15) is 25.2 Å². The van der Waals surface area contributed by atoms with Crippen molar-refractivity contribution in [2.75, 3.05) is 20.0 Å². The van der Waals surface area contributed by atoms with E-state index in [1.54, 1.807) is 31.5 Å². The van der Waals surface area contributed by atoms with Crippen LogP contribution in [-0.4, -0.2) is 48.1 Å². The lowest BCUT2D eigenvalue weighted by atomic mass is 9.85. The molecule has 3 heterocycles. The number of nitrogens with one attached hydrogen (secondary N) is 1. The fourth-order valence-corrected chi connectivity index (χ4v) is 5.45. The molecular weight excluding hydrogens is 479 g/mol. The van der Waals surface area contributed by atoms with Gasteiger partial charge in [-0.3, -0.25) is 5.10 Å². The molecule has 1 N–H and O–H groups in total. The number of fused-ring (bicyclic) bond motifs is 2. The normalized spacial score (nSPS) is 12.6. The summed E-state index contributed by atoms with van der Waals surface area (Å²) in [6.45, 7) is 6.56. The minimum Gasteiger partial charge on any atom is -0.384 e. The Morgan fingerprint density at radius 3 is 2.42 bits per heavy atom. The lowest BCUT2D eigenvalue weighted by Crippen LogP contribution is -2.27. The van der Waals surface area contributed by atoms with Gasteiger partial charge < -0.3 is 9.30 Å². The number of aromatic amines is 1. The molecule has 0 aliphatic rings. The van der Waals surface area contributed by atoms with E-state index in [1.807, 2.05) is 13.0 Å². The molecule has 0 bridgehead atoms. The summed E-state index contributed by atoms with van der Waals surface area (Å²) in [6.07, 6.45) is 2.73. The molecule has 0 aliphatic carbocycles. The lowest BCUT2D eigenvalue weighted by Gasteiger charge is -2.28. The van der Waals surface area contributed by atoms with Gasteiger partial charge in [-0.15, -0.1) is 0 Å². The summed E-state index contributed by atoms with van der Waals surface area (Å²) in [5.74, 6) is -0.318. The molecule has 3 aromatic heterocycles. The highest BCUT2D eigenvalue weighted by Gasteiger charge is 2.32. The van der Waals surface area contributed by atoms with Gasteiger partial charge in [0, 0.05) is 64.0 Å². The Bertz CT molecular complexity index is 1700. The van der Waals surface area contributed by atoms with E-state index in [2.05, 4.69) is 39.7 Å². The number of pyridine rings is 1. The number of hydrogen-bond acceptors (Lipinski definition) is 5. The molecule has 0 fully saturated rings. The topological polar surface area (TPSA) is 89.9 Å². The zero-order valence-electron chi connectivity index (χ0n) is 20.8. The first-order valence-corrected chi connectivity index (χ1v) is 13.4. The molecule has 0 radical (unpaired) electrons. The molecule has 0 spiro atoms. The SMILES string of the molecule is COCC(C)(C)c1c(-c2ccc(S(C)(=O)=O)nc2)c2cc3n[nH]c(C)c3cc2n1-c1ccc(F)cc1. The van der Waals surface area contributed by atoms with Gasteiger partial charge in [0.05, 0.1) is 17.6 Å². The van der Waals surface area contributed by atoms with E-state index < -0.39 is 15.3 Å². The zero-order chi connectivity index (χ0) is 25.8. The summed E-state index contributed by atoms with van der Waals surface area (Å²) in [7, 11) is -1.79. The van der Waals surface area contributed by atoms with Crippen molar-refractivity contribution in [2.24, 2.45) is 0 Å². The molecule has 0 saturated carbocycles. The van der Waals surface area contributed by atoms with E-state index in [0.717, 1.165) is 56.3 Å². The fourth-order valence-electron chi connectivity index (χ4n) is 4.89. The number of rotatable bonds is 6. The first-order chi connectivity index (χ1) is 17.0. The van der Waals surface area contributed by atoms with Gasteiger partial charge >= 0.3 is 0 Å². The molecule has 2 aromatic carbocycles. The Morgan fingerprint density at radius 2 is 1.81 bits per heavy atom. The van der Waals surface area contributed by atoms with Crippen LogP contribution in [0.4, 0.5) is 4.39 Å². The van der Waals surface area contributed by atoms with Crippen molar-refractivity contribution in [2.45, 2.75) is 31.2 Å². The van der Waals surface area contributed by atoms with Gasteiger partial charge in [0.2, 0.25) is 0 Å². The first-order valence-electron chi connectivity index (χ1n) is 11.5. The van der Waals surface area contributed by atoms with Crippen LogP contribution in [-0.2, 0) is 20.0 Å². The van der Waals surface area contributed by atoms with Crippen LogP contribution in [0, 0.1) is 12.7 Å². The van der Waals surface area contributed by atoms with E-state index in [1.165, 1.54) is 18.2 Å². The van der Waals surface area contributed by atoms with Crippen LogP contribution in [0.2, 0.25) is 0 Å². The molecule has 7 nitrogen and oxygen atoms in total. The number of benzene rings is 2. The molecule has 0 aliphatic heterocycles. The fraction of sp³-hybridized carbons (Fsp3) is 0.259. The van der Waals surface area contributed by atoms with Crippen molar-refractivity contribution >= 4 is 31.6 Å². The maximum absolute atomic E-state index is 13.9. The van der Waals surface area contributed by atoms with Crippen molar-refractivity contribution in [1.82, 2.24) is 19.7 Å². The smallest absolute Gasteiger partial charge is 0.192 e. The zero-order valence-corrected chi connectivity index (χ0v) is 21.6. The third-order valence-electron chi connectivity index (χ3n) is 6.47. The molecule has 0 unspecified atom stereocenters. The van der Waals surface area contributed by atoms with Crippen molar-refractivity contribution in [3.8, 4) is 16.8 Å². The van der Waals surface area contributed by atoms with Crippen LogP contribution in [0.25, 0.3) is 38.6 Å². The Morgan fingerprint density at radius 1 is 1.08 bits per heavy atom. The van der Waals surface area contributed by atoms with Gasteiger partial charge in [0.15, 0.2) is 14.9 Å². The number of H-pyrrole nitrogens is 1. The van der Waals surface area contributed by atoms with E-state index in [4.69, 9.17) is 4.74 Å². The van der Waals surface area contributed by atoms with Crippen molar-refractivity contribution in [1.29, 1.82) is 0 Å². The Labute approximate surface area is 208 Å². The molecule has 5 aromatic rings. The minimum absolute atomic E-state index is 0.0107. The monoisotopic (exact) mass is 506 g/mol. The Hall–Kier alpha value is -3.56. The molecule has 0 amide bonds. The number of sulfone groups is 1. The van der Waals surface area contributed by atoms with Gasteiger partial charge in [-0.25, -0.2) is 17.8 Å². The summed E-state index contributed by atoms with van der Waals surface area (Å²) in [5.41, 5.74) is 5.59. The van der Waals surface area contributed by atoms with Crippen LogP contribution >= 0.6 is 0 Å². The van der Waals surface area contributed by atoms with E-state index in [-0.39, 0.29) is 10.8 Å². The van der Waals surface area contributed by atoms with Crippen molar-refractivity contribution in [3.05, 3.63) is 71.9 Å². The summed E-state index contributed by atoms with van der Waals surface area (Å²) >= 11 is 0. The highest BCUT2D eigenvalue weighted by molar-refractivity contribution is 7.90. The summed E-state index contributed by atoms with van der Waals surface area (Å²) in [4.78, 5) is 4.26. The van der Waals surface area contributed by atoms with Gasteiger partial charge in [0.1, 0.15) is 5.82 Å². The standard InChI is InChI=1S/C27H27FN4O3S/c1-16-20-13-23-21(12-22(20)31-30-16)25(17-6-11-24(29-14-17)36(5,33)34)26(27(2,3)15-35-4)32(23)19-9-7-18(28)8-10-19/h6-14H,15H2,1-5H3,(H,30,31). The molecule has 36 heavy (non-hydrogen) atoms. The molecule has 0 atom stereocenters. The van der Waals surface area contributed by atoms with Gasteiger partial charge in [-0.05, 0) is 55.5 Å². The number of methoxy groups -OCH3 is 1. The van der Waals surface area contributed by atoms with Gasteiger partial charge in [-0.2, -0.15) is 5.10 Å². The van der Waals surface area contributed by atoms with Crippen LogP contribution in [0.3, 0.4) is 0 Å². The maximum Gasteiger partial charge on any atom is 0.192 e. The molecular formula is C27H27FN4O3S. The molecule has 9 heteroatoms. The predicted octanol–water partition coefficient (Wildman–Crippen LogP) is 5.34. The van der Waals surface area contributed by atoms with Crippen LogP contribution in [0.5, 0.6) is 0 Å². The predicted molar refractivity (Wildman–Crippen MR) is 139 cm³/mol. The number of nitrogens with zero attached hydrogens (tertiary/aromatic N) is 3. The highest BCUT2D eigenvalue weighted by Crippen LogP contribution is 2.44. The lowest BCUT2D eigenvalue weighted by molar-refractivity contribution is 0.144.